The molecular formula is C19H15F3N2O3. The maximum atomic E-state index is 12.7. The first-order valence-corrected chi connectivity index (χ1v) is 8.01. The molecule has 0 aliphatic carbocycles. The Bertz CT molecular complexity index is 1010. The second-order valence-corrected chi connectivity index (χ2v) is 5.81. The van der Waals surface area contributed by atoms with Gasteiger partial charge in [-0.15, -0.1) is 0 Å². The molecule has 0 atom stereocenters. The first-order chi connectivity index (χ1) is 12.8. The van der Waals surface area contributed by atoms with Crippen molar-refractivity contribution in [3.8, 4) is 0 Å². The average molecular weight is 376 g/mol. The van der Waals surface area contributed by atoms with Gasteiger partial charge in [0.05, 0.1) is 12.1 Å². The molecule has 1 N–H and O–H groups in total. The van der Waals surface area contributed by atoms with Crippen LogP contribution in [0.2, 0.25) is 0 Å². The number of carbonyl (C=O) groups excluding carboxylic acids is 1. The van der Waals surface area contributed by atoms with Gasteiger partial charge in [-0.05, 0) is 35.9 Å². The monoisotopic (exact) mass is 376 g/mol. The van der Waals surface area contributed by atoms with E-state index in [4.69, 9.17) is 4.42 Å². The Balaban J connectivity index is 1.63. The number of nitrogens with zero attached hydrogens (tertiary/aromatic N) is 1. The predicted octanol–water partition coefficient (Wildman–Crippen LogP) is 3.44. The van der Waals surface area contributed by atoms with E-state index >= 15 is 0 Å². The number of carbonyl (C=O) groups is 1. The number of hydrogen-bond donors (Lipinski definition) is 1. The molecule has 0 saturated carbocycles. The zero-order chi connectivity index (χ0) is 19.4. The molecule has 0 aliphatic heterocycles. The van der Waals surface area contributed by atoms with E-state index < -0.39 is 17.6 Å². The maximum absolute atomic E-state index is 12.7. The number of hydrogen-bond acceptors (Lipinski definition) is 3. The summed E-state index contributed by atoms with van der Waals surface area (Å²) in [6.45, 7) is 0.0948. The molecule has 0 aliphatic rings. The Morgan fingerprint density at radius 2 is 1.89 bits per heavy atom. The van der Waals surface area contributed by atoms with Crippen molar-refractivity contribution in [2.75, 3.05) is 0 Å². The molecule has 3 aromatic rings. The van der Waals surface area contributed by atoms with Gasteiger partial charge in [0.2, 0.25) is 0 Å². The van der Waals surface area contributed by atoms with Gasteiger partial charge in [-0.2, -0.15) is 13.2 Å². The second kappa shape index (κ2) is 7.53. The van der Waals surface area contributed by atoms with Crippen molar-refractivity contribution in [2.45, 2.75) is 19.3 Å². The van der Waals surface area contributed by atoms with Crippen LogP contribution in [0.3, 0.4) is 0 Å². The van der Waals surface area contributed by atoms with Gasteiger partial charge in [0.15, 0.2) is 5.76 Å². The fourth-order valence-corrected chi connectivity index (χ4v) is 2.47. The topological polar surface area (TPSA) is 64.2 Å². The summed E-state index contributed by atoms with van der Waals surface area (Å²) in [7, 11) is 0. The summed E-state index contributed by atoms with van der Waals surface area (Å²) >= 11 is 0. The van der Waals surface area contributed by atoms with Gasteiger partial charge in [0.25, 0.3) is 11.5 Å². The summed E-state index contributed by atoms with van der Waals surface area (Å²) < 4.78 is 45.0. The Morgan fingerprint density at radius 1 is 1.07 bits per heavy atom. The van der Waals surface area contributed by atoms with Gasteiger partial charge in [-0.3, -0.25) is 9.59 Å². The standard InChI is InChI=1S/C19H15F3N2O3/c20-19(21,22)14-5-3-4-13(10-14)11-23-18(26)16-8-7-15(27-16)12-24-9-2-1-6-17(24)25/h1-10H,11-12H2,(H,23,26). The third-order valence-electron chi connectivity index (χ3n) is 3.82. The molecule has 2 heterocycles. The molecule has 0 spiro atoms. The van der Waals surface area contributed by atoms with E-state index in [2.05, 4.69) is 5.32 Å². The second-order valence-electron chi connectivity index (χ2n) is 5.81. The first-order valence-electron chi connectivity index (χ1n) is 8.01. The lowest BCUT2D eigenvalue weighted by Crippen LogP contribution is -2.22. The zero-order valence-electron chi connectivity index (χ0n) is 14.0. The van der Waals surface area contributed by atoms with E-state index in [-0.39, 0.29) is 24.4 Å². The van der Waals surface area contributed by atoms with Crippen LogP contribution in [0.15, 0.2) is 70.0 Å². The summed E-state index contributed by atoms with van der Waals surface area (Å²) in [6.07, 6.45) is -2.84. The van der Waals surface area contributed by atoms with Gasteiger partial charge in [-0.1, -0.05) is 18.2 Å². The molecule has 0 bridgehead atoms. The van der Waals surface area contributed by atoms with E-state index in [0.29, 0.717) is 11.3 Å². The maximum Gasteiger partial charge on any atom is 0.416 e. The van der Waals surface area contributed by atoms with Crippen LogP contribution in [0.4, 0.5) is 13.2 Å². The number of pyridine rings is 1. The zero-order valence-corrected chi connectivity index (χ0v) is 14.0. The molecule has 0 fully saturated rings. The third-order valence-corrected chi connectivity index (χ3v) is 3.82. The number of nitrogens with one attached hydrogen (secondary N) is 1. The quantitative estimate of drug-likeness (QED) is 0.742. The van der Waals surface area contributed by atoms with Crippen LogP contribution < -0.4 is 10.9 Å². The highest BCUT2D eigenvalue weighted by molar-refractivity contribution is 5.91. The highest BCUT2D eigenvalue weighted by Crippen LogP contribution is 2.29. The molecule has 8 heteroatoms. The number of rotatable bonds is 5. The van der Waals surface area contributed by atoms with Crippen LogP contribution in [0, 0.1) is 0 Å². The van der Waals surface area contributed by atoms with Gasteiger partial charge in [-0.25, -0.2) is 0 Å². The first kappa shape index (κ1) is 18.5. The van der Waals surface area contributed by atoms with Crippen LogP contribution in [-0.4, -0.2) is 10.5 Å². The van der Waals surface area contributed by atoms with Gasteiger partial charge in [0, 0.05) is 18.8 Å². The largest absolute Gasteiger partial charge is 0.454 e. The number of furan rings is 1. The minimum atomic E-state index is -4.44. The molecule has 3 rings (SSSR count). The lowest BCUT2D eigenvalue weighted by Gasteiger charge is -2.09. The summed E-state index contributed by atoms with van der Waals surface area (Å²) in [5, 5.41) is 2.51. The van der Waals surface area contributed by atoms with Gasteiger partial charge >= 0.3 is 6.18 Å². The molecule has 5 nitrogen and oxygen atoms in total. The van der Waals surface area contributed by atoms with Crippen LogP contribution >= 0.6 is 0 Å². The summed E-state index contributed by atoms with van der Waals surface area (Å²) in [5.74, 6) is -0.132. The van der Waals surface area contributed by atoms with Crippen LogP contribution in [-0.2, 0) is 19.3 Å². The number of aromatic nitrogens is 1. The Hall–Kier alpha value is -3.29. The minimum absolute atomic E-state index is 0.0148. The summed E-state index contributed by atoms with van der Waals surface area (Å²) in [6, 6.07) is 12.5. The van der Waals surface area contributed by atoms with Crippen LogP contribution in [0.1, 0.15) is 27.4 Å². The molecule has 2 aromatic heterocycles. The van der Waals surface area contributed by atoms with Crippen LogP contribution in [0.25, 0.3) is 0 Å². The lowest BCUT2D eigenvalue weighted by molar-refractivity contribution is -0.137. The Kier molecular flexibility index (Phi) is 5.16. The molecule has 0 unspecified atom stereocenters. The number of benzene rings is 1. The highest BCUT2D eigenvalue weighted by atomic mass is 19.4. The lowest BCUT2D eigenvalue weighted by atomic mass is 10.1. The molecule has 140 valence electrons. The molecular weight excluding hydrogens is 361 g/mol. The summed E-state index contributed by atoms with van der Waals surface area (Å²) in [4.78, 5) is 23.8. The number of alkyl halides is 3. The molecule has 1 amide bonds. The molecule has 27 heavy (non-hydrogen) atoms. The van der Waals surface area contributed by atoms with Crippen molar-refractivity contribution in [3.05, 3.63) is 93.8 Å². The van der Waals surface area contributed by atoms with Crippen molar-refractivity contribution < 1.29 is 22.4 Å². The van der Waals surface area contributed by atoms with E-state index in [0.717, 1.165) is 12.1 Å². The summed E-state index contributed by atoms with van der Waals surface area (Å²) in [5.41, 5.74) is -0.659. The van der Waals surface area contributed by atoms with E-state index in [9.17, 15) is 22.8 Å². The van der Waals surface area contributed by atoms with Crippen molar-refractivity contribution in [1.82, 2.24) is 9.88 Å². The van der Waals surface area contributed by atoms with Crippen LogP contribution in [0.5, 0.6) is 0 Å². The third kappa shape index (κ3) is 4.66. The SMILES string of the molecule is O=C(NCc1cccc(C(F)(F)F)c1)c1ccc(Cn2ccccc2=O)o1. The van der Waals surface area contributed by atoms with Crippen molar-refractivity contribution in [3.63, 3.8) is 0 Å². The normalized spacial score (nSPS) is 11.4. The van der Waals surface area contributed by atoms with Crippen molar-refractivity contribution in [2.24, 2.45) is 0 Å². The number of amides is 1. The van der Waals surface area contributed by atoms with Gasteiger partial charge < -0.3 is 14.3 Å². The number of halogens is 3. The smallest absolute Gasteiger partial charge is 0.416 e. The van der Waals surface area contributed by atoms with E-state index in [1.54, 1.807) is 24.4 Å². The minimum Gasteiger partial charge on any atom is -0.454 e. The van der Waals surface area contributed by atoms with E-state index in [1.807, 2.05) is 0 Å². The Morgan fingerprint density at radius 3 is 2.63 bits per heavy atom. The van der Waals surface area contributed by atoms with Crippen molar-refractivity contribution >= 4 is 5.91 Å². The van der Waals surface area contributed by atoms with Crippen molar-refractivity contribution in [1.29, 1.82) is 0 Å². The van der Waals surface area contributed by atoms with Gasteiger partial charge in [0.1, 0.15) is 5.76 Å². The average Bonchev–Trinajstić information content (AvgIpc) is 3.10. The molecule has 1 aromatic carbocycles. The highest BCUT2D eigenvalue weighted by Gasteiger charge is 2.30. The predicted molar refractivity (Wildman–Crippen MR) is 91.1 cm³/mol. The fraction of sp³-hybridized carbons (Fsp3) is 0.158. The molecule has 0 saturated heterocycles. The van der Waals surface area contributed by atoms with E-state index in [1.165, 1.54) is 28.8 Å². The molecule has 0 radical (unpaired) electrons. The fourth-order valence-electron chi connectivity index (χ4n) is 2.47. The Labute approximate surface area is 152 Å².